The summed E-state index contributed by atoms with van der Waals surface area (Å²) in [7, 11) is -2.06. The van der Waals surface area contributed by atoms with E-state index in [4.69, 9.17) is 9.47 Å². The highest BCUT2D eigenvalue weighted by Gasteiger charge is 2.18. The molecule has 2 heterocycles. The zero-order valence-electron chi connectivity index (χ0n) is 12.5. The average molecular weight is 357 g/mol. The van der Waals surface area contributed by atoms with E-state index >= 15 is 0 Å². The first-order valence-electron chi connectivity index (χ1n) is 6.74. The van der Waals surface area contributed by atoms with Crippen LogP contribution in [0.3, 0.4) is 0 Å². The van der Waals surface area contributed by atoms with Crippen LogP contribution in [0.1, 0.15) is 0 Å². The molecule has 0 radical (unpaired) electrons. The molecule has 10 heteroatoms. The molecule has 1 aromatic heterocycles. The van der Waals surface area contributed by atoms with Crippen molar-refractivity contribution in [1.82, 2.24) is 9.29 Å². The van der Waals surface area contributed by atoms with Gasteiger partial charge in [0, 0.05) is 19.2 Å². The van der Waals surface area contributed by atoms with E-state index in [0.717, 1.165) is 15.3 Å². The molecular weight excluding hydrogens is 342 g/mol. The third-order valence-electron chi connectivity index (χ3n) is 3.23. The Balaban J connectivity index is 1.77. The van der Waals surface area contributed by atoms with Gasteiger partial charge in [0.1, 0.15) is 13.2 Å². The van der Waals surface area contributed by atoms with Crippen molar-refractivity contribution in [2.24, 2.45) is 0 Å². The molecule has 0 bridgehead atoms. The fourth-order valence-corrected chi connectivity index (χ4v) is 3.24. The Bertz CT molecular complexity index is 819. The number of fused-ring (bicyclic) bond motifs is 2. The first-order valence-corrected chi connectivity index (χ1v) is 9.41. The highest BCUT2D eigenvalue weighted by molar-refractivity contribution is 7.88. The van der Waals surface area contributed by atoms with E-state index in [1.54, 1.807) is 6.07 Å². The predicted molar refractivity (Wildman–Crippen MR) is 86.7 cm³/mol. The summed E-state index contributed by atoms with van der Waals surface area (Å²) < 4.78 is 35.4. The summed E-state index contributed by atoms with van der Waals surface area (Å²) in [4.78, 5) is 16.2. The van der Waals surface area contributed by atoms with Crippen LogP contribution in [0, 0.1) is 0 Å². The maximum absolute atomic E-state index is 11.9. The van der Waals surface area contributed by atoms with E-state index in [-0.39, 0.29) is 6.54 Å². The van der Waals surface area contributed by atoms with Gasteiger partial charge in [0.05, 0.1) is 23.0 Å². The standard InChI is InChI=1S/C13H15N3O5S2/c1-16(23(2,18)19)7-12(17)15-13-14-8-5-9-10(6-11(8)22-13)21-4-3-20-9/h5-6H,3-4,7H2,1-2H3,(H,14,15,17). The van der Waals surface area contributed by atoms with Crippen LogP contribution >= 0.6 is 11.3 Å². The summed E-state index contributed by atoms with van der Waals surface area (Å²) in [6.07, 6.45) is 1.04. The summed E-state index contributed by atoms with van der Waals surface area (Å²) >= 11 is 1.29. The van der Waals surface area contributed by atoms with Crippen molar-refractivity contribution >= 4 is 42.6 Å². The molecule has 3 rings (SSSR count). The molecular formula is C13H15N3O5S2. The van der Waals surface area contributed by atoms with Gasteiger partial charge in [0.15, 0.2) is 16.6 Å². The van der Waals surface area contributed by atoms with Crippen molar-refractivity contribution in [1.29, 1.82) is 0 Å². The molecule has 1 aliphatic rings. The van der Waals surface area contributed by atoms with Crippen LogP contribution in [0.2, 0.25) is 0 Å². The minimum atomic E-state index is -3.40. The Labute approximate surface area is 137 Å². The number of sulfonamides is 1. The first kappa shape index (κ1) is 16.0. The first-order chi connectivity index (χ1) is 10.8. The normalized spacial score (nSPS) is 14.2. The summed E-state index contributed by atoms with van der Waals surface area (Å²) in [5.74, 6) is 0.833. The van der Waals surface area contributed by atoms with Gasteiger partial charge in [-0.2, -0.15) is 4.31 Å². The number of thiazole rings is 1. The summed E-state index contributed by atoms with van der Waals surface area (Å²) in [6.45, 7) is 0.722. The molecule has 2 aromatic rings. The number of likely N-dealkylation sites (N-methyl/N-ethyl adjacent to an activating group) is 1. The number of amides is 1. The number of anilines is 1. The molecule has 0 unspecified atom stereocenters. The van der Waals surface area contributed by atoms with Gasteiger partial charge >= 0.3 is 0 Å². The number of carbonyl (C=O) groups is 1. The molecule has 0 atom stereocenters. The fraction of sp³-hybridized carbons (Fsp3) is 0.385. The predicted octanol–water partition coefficient (Wildman–Crippen LogP) is 0.897. The van der Waals surface area contributed by atoms with Crippen molar-refractivity contribution in [3.63, 3.8) is 0 Å². The van der Waals surface area contributed by atoms with Gasteiger partial charge in [-0.15, -0.1) is 0 Å². The number of nitrogens with zero attached hydrogens (tertiary/aromatic N) is 2. The van der Waals surface area contributed by atoms with Crippen LogP contribution in [0.25, 0.3) is 10.2 Å². The molecule has 0 aliphatic carbocycles. The molecule has 1 amide bonds. The van der Waals surface area contributed by atoms with Crippen molar-refractivity contribution in [3.05, 3.63) is 12.1 Å². The van der Waals surface area contributed by atoms with Crippen LogP contribution in [-0.2, 0) is 14.8 Å². The van der Waals surface area contributed by atoms with Crippen LogP contribution in [0.4, 0.5) is 5.13 Å². The van der Waals surface area contributed by atoms with E-state index in [0.29, 0.717) is 35.4 Å². The molecule has 0 fully saturated rings. The van der Waals surface area contributed by atoms with E-state index in [2.05, 4.69) is 10.3 Å². The molecule has 0 spiro atoms. The highest BCUT2D eigenvalue weighted by Crippen LogP contribution is 2.37. The Kier molecular flexibility index (Phi) is 4.13. The van der Waals surface area contributed by atoms with Gasteiger partial charge < -0.3 is 14.8 Å². The van der Waals surface area contributed by atoms with Crippen LogP contribution in [0.5, 0.6) is 11.5 Å². The van der Waals surface area contributed by atoms with Crippen molar-refractivity contribution in [3.8, 4) is 11.5 Å². The number of hydrogen-bond donors (Lipinski definition) is 1. The Morgan fingerprint density at radius 1 is 1.35 bits per heavy atom. The number of hydrogen-bond acceptors (Lipinski definition) is 7. The highest BCUT2D eigenvalue weighted by atomic mass is 32.2. The van der Waals surface area contributed by atoms with E-state index in [1.165, 1.54) is 18.4 Å². The molecule has 8 nitrogen and oxygen atoms in total. The zero-order chi connectivity index (χ0) is 16.6. The lowest BCUT2D eigenvalue weighted by atomic mass is 10.3. The monoisotopic (exact) mass is 357 g/mol. The number of ether oxygens (including phenoxy) is 2. The van der Waals surface area contributed by atoms with E-state index in [9.17, 15) is 13.2 Å². The largest absolute Gasteiger partial charge is 0.486 e. The SMILES string of the molecule is CN(CC(=O)Nc1nc2cc3c(cc2s1)OCCO3)S(C)(=O)=O. The van der Waals surface area contributed by atoms with Crippen molar-refractivity contribution in [2.45, 2.75) is 0 Å². The lowest BCUT2D eigenvalue weighted by Crippen LogP contribution is -2.34. The maximum atomic E-state index is 11.9. The zero-order valence-corrected chi connectivity index (χ0v) is 14.2. The molecule has 1 N–H and O–H groups in total. The second-order valence-corrected chi connectivity index (χ2v) is 8.17. The van der Waals surface area contributed by atoms with Gasteiger partial charge in [0.25, 0.3) is 0 Å². The minimum Gasteiger partial charge on any atom is -0.486 e. The molecule has 0 saturated heterocycles. The maximum Gasteiger partial charge on any atom is 0.241 e. The summed E-state index contributed by atoms with van der Waals surface area (Å²) in [5, 5.41) is 3.00. The summed E-state index contributed by atoms with van der Waals surface area (Å²) in [5.41, 5.74) is 0.686. The third kappa shape index (κ3) is 3.54. The molecule has 1 aromatic carbocycles. The van der Waals surface area contributed by atoms with Gasteiger partial charge in [-0.05, 0) is 0 Å². The summed E-state index contributed by atoms with van der Waals surface area (Å²) in [6, 6.07) is 3.58. The molecule has 124 valence electrons. The fourth-order valence-electron chi connectivity index (χ4n) is 2.00. The van der Waals surface area contributed by atoms with Gasteiger partial charge in [-0.25, -0.2) is 13.4 Å². The van der Waals surface area contributed by atoms with Gasteiger partial charge in [-0.3, -0.25) is 4.79 Å². The van der Waals surface area contributed by atoms with Crippen LogP contribution in [-0.4, -0.2) is 56.7 Å². The number of aromatic nitrogens is 1. The molecule has 23 heavy (non-hydrogen) atoms. The number of nitrogens with one attached hydrogen (secondary N) is 1. The van der Waals surface area contributed by atoms with Crippen LogP contribution < -0.4 is 14.8 Å². The Morgan fingerprint density at radius 3 is 2.65 bits per heavy atom. The second kappa shape index (κ2) is 5.95. The van der Waals surface area contributed by atoms with E-state index < -0.39 is 15.9 Å². The lowest BCUT2D eigenvalue weighted by Gasteiger charge is -2.17. The minimum absolute atomic E-state index is 0.266. The van der Waals surface area contributed by atoms with E-state index in [1.807, 2.05) is 6.07 Å². The van der Waals surface area contributed by atoms with Gasteiger partial charge in [0.2, 0.25) is 15.9 Å². The topological polar surface area (TPSA) is 97.8 Å². The smallest absolute Gasteiger partial charge is 0.241 e. The Hall–Kier alpha value is -1.91. The average Bonchev–Trinajstić information content (AvgIpc) is 2.84. The number of rotatable bonds is 4. The Morgan fingerprint density at radius 2 is 2.00 bits per heavy atom. The second-order valence-electron chi connectivity index (χ2n) is 5.05. The third-order valence-corrected chi connectivity index (χ3v) is 5.43. The quantitative estimate of drug-likeness (QED) is 0.873. The lowest BCUT2D eigenvalue weighted by molar-refractivity contribution is -0.116. The molecule has 1 aliphatic heterocycles. The van der Waals surface area contributed by atoms with Gasteiger partial charge in [-0.1, -0.05) is 11.3 Å². The van der Waals surface area contributed by atoms with Crippen molar-refractivity contribution < 1.29 is 22.7 Å². The van der Waals surface area contributed by atoms with Crippen molar-refractivity contribution in [2.75, 3.05) is 38.4 Å². The number of carbonyl (C=O) groups excluding carboxylic acids is 1. The van der Waals surface area contributed by atoms with Crippen LogP contribution in [0.15, 0.2) is 12.1 Å². The number of benzene rings is 1. The molecule has 0 saturated carbocycles.